The number of benzene rings is 2. The first-order chi connectivity index (χ1) is 22.7. The summed E-state index contributed by atoms with van der Waals surface area (Å²) in [5.74, 6) is -3.34. The first kappa shape index (κ1) is 32.6. The zero-order valence-electron chi connectivity index (χ0n) is 25.7. The molecule has 6 rings (SSSR count). The van der Waals surface area contributed by atoms with E-state index in [4.69, 9.17) is 33.2 Å². The molecule has 12 heteroatoms. The average molecular weight is 649 g/mol. The van der Waals surface area contributed by atoms with Gasteiger partial charge in [-0.15, -0.1) is 0 Å². The van der Waals surface area contributed by atoms with Crippen molar-refractivity contribution in [1.82, 2.24) is 0 Å². The molecule has 2 saturated heterocycles. The summed E-state index contributed by atoms with van der Waals surface area (Å²) in [6.07, 6.45) is -0.179. The highest BCUT2D eigenvalue weighted by molar-refractivity contribution is 5.88. The van der Waals surface area contributed by atoms with E-state index in [-0.39, 0.29) is 6.61 Å². The van der Waals surface area contributed by atoms with Crippen LogP contribution in [0.1, 0.15) is 25.0 Å². The molecule has 2 aromatic rings. The van der Waals surface area contributed by atoms with Crippen LogP contribution in [0.4, 0.5) is 0 Å². The topological polar surface area (TPSA) is 160 Å². The lowest BCUT2D eigenvalue weighted by Crippen LogP contribution is -2.62. The molecule has 248 valence electrons. The summed E-state index contributed by atoms with van der Waals surface area (Å²) in [6, 6.07) is 18.2. The van der Waals surface area contributed by atoms with Gasteiger partial charge < -0.3 is 43.4 Å². The second-order valence-electron chi connectivity index (χ2n) is 11.8. The van der Waals surface area contributed by atoms with E-state index in [2.05, 4.69) is 0 Å². The molecule has 0 spiro atoms. The van der Waals surface area contributed by atoms with Gasteiger partial charge in [0.05, 0.1) is 31.0 Å². The van der Waals surface area contributed by atoms with Crippen LogP contribution < -0.4 is 0 Å². The number of epoxide rings is 1. The van der Waals surface area contributed by atoms with Gasteiger partial charge >= 0.3 is 17.9 Å². The van der Waals surface area contributed by atoms with E-state index in [1.807, 2.05) is 48.5 Å². The number of hydrogen-bond acceptors (Lipinski definition) is 12. The number of esters is 3. The van der Waals surface area contributed by atoms with E-state index in [0.717, 1.165) is 11.1 Å². The maximum absolute atomic E-state index is 13.2. The largest absolute Gasteiger partial charge is 0.473 e. The Morgan fingerprint density at radius 2 is 1.45 bits per heavy atom. The van der Waals surface area contributed by atoms with Crippen LogP contribution in [0.15, 0.2) is 85.2 Å². The van der Waals surface area contributed by atoms with Crippen LogP contribution in [0.25, 0.3) is 12.2 Å². The lowest BCUT2D eigenvalue weighted by atomic mass is 9.86. The number of fused-ring (bicyclic) bond motifs is 3. The van der Waals surface area contributed by atoms with Gasteiger partial charge in [0, 0.05) is 25.0 Å². The third-order valence-corrected chi connectivity index (χ3v) is 8.75. The minimum absolute atomic E-state index is 0.384. The second-order valence-corrected chi connectivity index (χ2v) is 11.8. The summed E-state index contributed by atoms with van der Waals surface area (Å²) in [4.78, 5) is 38.6. The Hall–Kier alpha value is -4.33. The first-order valence-corrected chi connectivity index (χ1v) is 15.3. The lowest BCUT2D eigenvalue weighted by Gasteiger charge is -2.44. The molecule has 0 aromatic heterocycles. The van der Waals surface area contributed by atoms with Crippen LogP contribution in [0.5, 0.6) is 0 Å². The van der Waals surface area contributed by atoms with Gasteiger partial charge in [0.2, 0.25) is 6.29 Å². The molecule has 1 saturated carbocycles. The SMILES string of the molecule is CC(=O)O[C@H]1[C@H](O[C@H]2[C@@H]3C=CO[C@@H](O)[C@@H]3[C@@]3(CO)O[C@@H]23)O[C@@H](C)[C@H](OC(=O)/C=C/c2ccccc2)[C@H]1OC(=O)/C=C/c1ccccc1. The average Bonchev–Trinajstić information content (AvgIpc) is 3.74. The molecule has 0 bridgehead atoms. The molecule has 0 radical (unpaired) electrons. The maximum atomic E-state index is 13.2. The predicted molar refractivity (Wildman–Crippen MR) is 163 cm³/mol. The van der Waals surface area contributed by atoms with Crippen molar-refractivity contribution in [3.8, 4) is 0 Å². The van der Waals surface area contributed by atoms with Gasteiger partial charge in [-0.1, -0.05) is 60.7 Å². The van der Waals surface area contributed by atoms with Crippen LogP contribution in [-0.4, -0.2) is 89.5 Å². The van der Waals surface area contributed by atoms with Crippen LogP contribution >= 0.6 is 0 Å². The van der Waals surface area contributed by atoms with Crippen molar-refractivity contribution in [3.05, 3.63) is 96.3 Å². The fraction of sp³-hybridized carbons (Fsp3) is 0.400. The summed E-state index contributed by atoms with van der Waals surface area (Å²) < 4.78 is 41.0. The number of hydrogen-bond donors (Lipinski definition) is 2. The third-order valence-electron chi connectivity index (χ3n) is 8.75. The van der Waals surface area contributed by atoms with E-state index < -0.39 is 84.5 Å². The molecule has 11 atom stereocenters. The molecule has 2 aromatic carbocycles. The normalized spacial score (nSPS) is 35.5. The number of rotatable bonds is 10. The molecule has 4 aliphatic rings. The molecular formula is C35H36O12. The Balaban J connectivity index is 1.27. The van der Waals surface area contributed by atoms with E-state index in [1.165, 1.54) is 25.3 Å². The zero-order chi connectivity index (χ0) is 33.1. The molecular weight excluding hydrogens is 612 g/mol. The molecule has 1 aliphatic carbocycles. The van der Waals surface area contributed by atoms with Crippen molar-refractivity contribution in [2.75, 3.05) is 6.61 Å². The summed E-state index contributed by atoms with van der Waals surface area (Å²) in [5, 5.41) is 20.8. The van der Waals surface area contributed by atoms with Gasteiger partial charge in [-0.05, 0) is 36.3 Å². The lowest BCUT2D eigenvalue weighted by molar-refractivity contribution is -0.314. The summed E-state index contributed by atoms with van der Waals surface area (Å²) in [5.41, 5.74) is 0.422. The standard InChI is InChI=1S/C35H36O12/c1-20-28(44-25(38)15-13-22-9-5-3-6-10-22)30(45-26(39)16-14-23-11-7-4-8-12-23)31(43-21(2)37)34(42-20)46-29-24-17-18-41-33(40)27(24)35(19-36)32(29)47-35/h3-18,20,24,27-34,36,40H,19H2,1-2H3/b15-13+,16-14+/t20-,24+,27+,28-,29-,30+,31+,32-,33+,34-,35+/m0/s1. The summed E-state index contributed by atoms with van der Waals surface area (Å²) in [7, 11) is 0. The zero-order valence-corrected chi connectivity index (χ0v) is 25.7. The Labute approximate surface area is 271 Å². The van der Waals surface area contributed by atoms with Crippen molar-refractivity contribution in [2.45, 2.75) is 68.7 Å². The van der Waals surface area contributed by atoms with Crippen molar-refractivity contribution >= 4 is 30.1 Å². The third kappa shape index (κ3) is 6.87. The minimum Gasteiger partial charge on any atom is -0.473 e. The van der Waals surface area contributed by atoms with Gasteiger partial charge in [0.15, 0.2) is 24.6 Å². The van der Waals surface area contributed by atoms with Crippen LogP contribution in [0.3, 0.4) is 0 Å². The molecule has 47 heavy (non-hydrogen) atoms. The fourth-order valence-electron chi connectivity index (χ4n) is 6.56. The van der Waals surface area contributed by atoms with Gasteiger partial charge in [0.1, 0.15) is 11.7 Å². The number of carbonyl (C=O) groups excluding carboxylic acids is 3. The Morgan fingerprint density at radius 3 is 2.02 bits per heavy atom. The fourth-order valence-corrected chi connectivity index (χ4v) is 6.56. The van der Waals surface area contributed by atoms with Crippen LogP contribution in [0.2, 0.25) is 0 Å². The van der Waals surface area contributed by atoms with Gasteiger partial charge in [0.25, 0.3) is 0 Å². The van der Waals surface area contributed by atoms with Crippen molar-refractivity contribution in [3.63, 3.8) is 0 Å². The molecule has 2 N–H and O–H groups in total. The quantitative estimate of drug-likeness (QED) is 0.168. The molecule has 0 amide bonds. The van der Waals surface area contributed by atoms with Crippen molar-refractivity contribution in [2.24, 2.45) is 11.8 Å². The maximum Gasteiger partial charge on any atom is 0.331 e. The van der Waals surface area contributed by atoms with E-state index >= 15 is 0 Å². The smallest absolute Gasteiger partial charge is 0.331 e. The molecule has 12 nitrogen and oxygen atoms in total. The van der Waals surface area contributed by atoms with Gasteiger partial charge in [-0.3, -0.25) is 4.79 Å². The Morgan fingerprint density at radius 1 is 0.851 bits per heavy atom. The number of carbonyl (C=O) groups is 3. The van der Waals surface area contributed by atoms with E-state index in [0.29, 0.717) is 0 Å². The summed E-state index contributed by atoms with van der Waals surface area (Å²) in [6.45, 7) is 2.41. The van der Waals surface area contributed by atoms with E-state index in [1.54, 1.807) is 37.3 Å². The molecule has 3 fully saturated rings. The van der Waals surface area contributed by atoms with Crippen molar-refractivity contribution < 1.29 is 57.8 Å². The first-order valence-electron chi connectivity index (χ1n) is 15.3. The highest BCUT2D eigenvalue weighted by atomic mass is 16.7. The van der Waals surface area contributed by atoms with Crippen LogP contribution in [0, 0.1) is 11.8 Å². The van der Waals surface area contributed by atoms with Gasteiger partial charge in [-0.25, -0.2) is 9.59 Å². The molecule has 3 aliphatic heterocycles. The number of aliphatic hydroxyl groups is 2. The number of aliphatic hydroxyl groups excluding tert-OH is 2. The van der Waals surface area contributed by atoms with Crippen molar-refractivity contribution in [1.29, 1.82) is 0 Å². The molecule has 0 unspecified atom stereocenters. The van der Waals surface area contributed by atoms with Gasteiger partial charge in [-0.2, -0.15) is 0 Å². The van der Waals surface area contributed by atoms with Crippen LogP contribution in [-0.2, 0) is 47.5 Å². The molecule has 3 heterocycles. The second kappa shape index (κ2) is 13.8. The van der Waals surface area contributed by atoms with E-state index in [9.17, 15) is 24.6 Å². The highest BCUT2D eigenvalue weighted by Crippen LogP contribution is 2.60. The Kier molecular flexibility index (Phi) is 9.57. The summed E-state index contributed by atoms with van der Waals surface area (Å²) >= 11 is 0. The predicted octanol–water partition coefficient (Wildman–Crippen LogP) is 2.54. The monoisotopic (exact) mass is 648 g/mol. The minimum atomic E-state index is -1.39. The number of ether oxygens (including phenoxy) is 7. The Bertz CT molecular complexity index is 1520. The highest BCUT2D eigenvalue weighted by Gasteiger charge is 2.76.